The van der Waals surface area contributed by atoms with E-state index in [-0.39, 0.29) is 17.1 Å². The van der Waals surface area contributed by atoms with Crippen LogP contribution in [0.2, 0.25) is 0 Å². The molecule has 0 aliphatic rings. The Labute approximate surface area is 112 Å². The zero-order chi connectivity index (χ0) is 13.8. The van der Waals surface area contributed by atoms with Crippen LogP contribution in [0.1, 0.15) is 12.3 Å². The van der Waals surface area contributed by atoms with E-state index in [1.165, 1.54) is 6.07 Å². The summed E-state index contributed by atoms with van der Waals surface area (Å²) in [5.74, 6) is 0.142. The molecule has 8 heteroatoms. The monoisotopic (exact) mass is 285 g/mol. The highest BCUT2D eigenvalue weighted by Gasteiger charge is 2.15. The molecular formula is C11H9ClFN3O3. The predicted molar refractivity (Wildman–Crippen MR) is 65.4 cm³/mol. The zero-order valence-corrected chi connectivity index (χ0v) is 10.4. The number of hydrogen-bond acceptors (Lipinski definition) is 5. The van der Waals surface area contributed by atoms with Crippen molar-refractivity contribution in [3.8, 4) is 11.5 Å². The lowest BCUT2D eigenvalue weighted by Gasteiger charge is -1.96. The number of rotatable bonds is 5. The van der Waals surface area contributed by atoms with Gasteiger partial charge < -0.3 is 4.42 Å². The summed E-state index contributed by atoms with van der Waals surface area (Å²) in [6.07, 6.45) is 1.18. The van der Waals surface area contributed by atoms with Crippen molar-refractivity contribution in [3.63, 3.8) is 0 Å². The first-order valence-electron chi connectivity index (χ1n) is 5.44. The van der Waals surface area contributed by atoms with Gasteiger partial charge in [0.1, 0.15) is 5.82 Å². The summed E-state index contributed by atoms with van der Waals surface area (Å²) in [5.41, 5.74) is -0.188. The van der Waals surface area contributed by atoms with E-state index < -0.39 is 10.7 Å². The van der Waals surface area contributed by atoms with Gasteiger partial charge in [0.05, 0.1) is 11.0 Å². The van der Waals surface area contributed by atoms with Crippen LogP contribution in [0.3, 0.4) is 0 Å². The highest BCUT2D eigenvalue weighted by Crippen LogP contribution is 2.24. The van der Waals surface area contributed by atoms with Gasteiger partial charge in [0, 0.05) is 23.9 Å². The van der Waals surface area contributed by atoms with Crippen molar-refractivity contribution >= 4 is 17.3 Å². The summed E-state index contributed by atoms with van der Waals surface area (Å²) >= 11 is 5.54. The molecule has 0 spiro atoms. The van der Waals surface area contributed by atoms with Crippen molar-refractivity contribution in [1.29, 1.82) is 0 Å². The first-order chi connectivity index (χ1) is 9.10. The van der Waals surface area contributed by atoms with E-state index in [9.17, 15) is 14.5 Å². The van der Waals surface area contributed by atoms with Crippen LogP contribution in [0, 0.1) is 15.9 Å². The van der Waals surface area contributed by atoms with Crippen LogP contribution in [0.15, 0.2) is 22.6 Å². The maximum atomic E-state index is 13.3. The molecule has 1 aromatic carbocycles. The fraction of sp³-hybridized carbons (Fsp3) is 0.273. The van der Waals surface area contributed by atoms with Gasteiger partial charge in [-0.3, -0.25) is 10.1 Å². The molecule has 0 amide bonds. The largest absolute Gasteiger partial charge is 0.421 e. The third-order valence-corrected chi connectivity index (χ3v) is 2.60. The fourth-order valence-corrected chi connectivity index (χ4v) is 1.63. The Bertz CT molecular complexity index is 603. The highest BCUT2D eigenvalue weighted by atomic mass is 35.5. The molecule has 100 valence electrons. The molecule has 0 N–H and O–H groups in total. The molecule has 0 aliphatic heterocycles. The molecule has 2 aromatic rings. The lowest BCUT2D eigenvalue weighted by molar-refractivity contribution is -0.385. The molecule has 0 bridgehead atoms. The number of aromatic nitrogens is 2. The third-order valence-electron chi connectivity index (χ3n) is 2.33. The quantitative estimate of drug-likeness (QED) is 0.479. The van der Waals surface area contributed by atoms with Crippen LogP contribution in [-0.4, -0.2) is 21.0 Å². The lowest BCUT2D eigenvalue weighted by atomic mass is 10.2. The number of nitro benzene ring substituents is 1. The Hall–Kier alpha value is -2.02. The van der Waals surface area contributed by atoms with Crippen molar-refractivity contribution in [3.05, 3.63) is 40.0 Å². The molecule has 0 saturated carbocycles. The lowest BCUT2D eigenvalue weighted by Crippen LogP contribution is -1.90. The molecule has 0 saturated heterocycles. The third kappa shape index (κ3) is 3.25. The van der Waals surface area contributed by atoms with Crippen molar-refractivity contribution in [2.75, 3.05) is 5.88 Å². The Morgan fingerprint density at radius 2 is 2.16 bits per heavy atom. The topological polar surface area (TPSA) is 82.1 Å². The number of aryl methyl sites for hydroxylation is 1. The molecule has 2 rings (SSSR count). The molecular weight excluding hydrogens is 277 g/mol. The summed E-state index contributed by atoms with van der Waals surface area (Å²) in [6, 6.07) is 3.11. The van der Waals surface area contributed by atoms with Gasteiger partial charge in [-0.25, -0.2) is 4.39 Å². The minimum Gasteiger partial charge on any atom is -0.421 e. The predicted octanol–water partition coefficient (Wildman–Crippen LogP) is 2.96. The second kappa shape index (κ2) is 5.75. The first-order valence-corrected chi connectivity index (χ1v) is 5.97. The van der Waals surface area contributed by atoms with E-state index in [2.05, 4.69) is 10.2 Å². The van der Waals surface area contributed by atoms with Gasteiger partial charge in [-0.05, 0) is 12.5 Å². The molecule has 0 radical (unpaired) electrons. The van der Waals surface area contributed by atoms with Gasteiger partial charge in [0.15, 0.2) is 0 Å². The van der Waals surface area contributed by atoms with Crippen LogP contribution in [0.4, 0.5) is 10.1 Å². The van der Waals surface area contributed by atoms with E-state index in [1.54, 1.807) is 0 Å². The maximum absolute atomic E-state index is 13.3. The van der Waals surface area contributed by atoms with E-state index in [4.69, 9.17) is 16.0 Å². The second-order valence-electron chi connectivity index (χ2n) is 3.75. The number of hydrogen-bond donors (Lipinski definition) is 0. The van der Waals surface area contributed by atoms with Gasteiger partial charge >= 0.3 is 0 Å². The van der Waals surface area contributed by atoms with Crippen LogP contribution in [0.5, 0.6) is 0 Å². The molecule has 1 heterocycles. The van der Waals surface area contributed by atoms with E-state index in [0.29, 0.717) is 24.6 Å². The van der Waals surface area contributed by atoms with Gasteiger partial charge in [-0.1, -0.05) is 0 Å². The minimum atomic E-state index is -0.732. The number of alkyl halides is 1. The summed E-state index contributed by atoms with van der Waals surface area (Å²) < 4.78 is 18.6. The number of halogens is 2. The standard InChI is InChI=1S/C11H9ClFN3O3/c12-3-1-2-10-14-15-11(19-10)7-4-8(13)6-9(5-7)16(17)18/h4-6H,1-3H2. The molecule has 19 heavy (non-hydrogen) atoms. The zero-order valence-electron chi connectivity index (χ0n) is 9.68. The fourth-order valence-electron chi connectivity index (χ4n) is 1.49. The van der Waals surface area contributed by atoms with Gasteiger partial charge in [-0.2, -0.15) is 0 Å². The highest BCUT2D eigenvalue weighted by molar-refractivity contribution is 6.17. The second-order valence-corrected chi connectivity index (χ2v) is 4.13. The normalized spacial score (nSPS) is 10.6. The van der Waals surface area contributed by atoms with Gasteiger partial charge in [0.25, 0.3) is 5.69 Å². The van der Waals surface area contributed by atoms with Crippen molar-refractivity contribution in [1.82, 2.24) is 10.2 Å². The average molecular weight is 286 g/mol. The molecule has 0 fully saturated rings. The van der Waals surface area contributed by atoms with Gasteiger partial charge in [0.2, 0.25) is 11.8 Å². The maximum Gasteiger partial charge on any atom is 0.273 e. The molecule has 0 unspecified atom stereocenters. The molecule has 1 aromatic heterocycles. The number of nitrogens with zero attached hydrogens (tertiary/aromatic N) is 3. The first kappa shape index (κ1) is 13.4. The summed E-state index contributed by atoms with van der Waals surface area (Å²) in [7, 11) is 0. The summed E-state index contributed by atoms with van der Waals surface area (Å²) in [6.45, 7) is 0. The molecule has 6 nitrogen and oxygen atoms in total. The van der Waals surface area contributed by atoms with Crippen molar-refractivity contribution in [2.45, 2.75) is 12.8 Å². The number of benzene rings is 1. The van der Waals surface area contributed by atoms with E-state index in [0.717, 1.165) is 12.1 Å². The van der Waals surface area contributed by atoms with Crippen LogP contribution < -0.4 is 0 Å². The Morgan fingerprint density at radius 1 is 1.37 bits per heavy atom. The summed E-state index contributed by atoms with van der Waals surface area (Å²) in [5, 5.41) is 18.1. The van der Waals surface area contributed by atoms with E-state index >= 15 is 0 Å². The van der Waals surface area contributed by atoms with Crippen LogP contribution in [0.25, 0.3) is 11.5 Å². The Balaban J connectivity index is 2.30. The van der Waals surface area contributed by atoms with Crippen LogP contribution >= 0.6 is 11.6 Å². The SMILES string of the molecule is O=[N+]([O-])c1cc(F)cc(-c2nnc(CCCCl)o2)c1. The smallest absolute Gasteiger partial charge is 0.273 e. The Kier molecular flexibility index (Phi) is 4.06. The Morgan fingerprint density at radius 3 is 2.84 bits per heavy atom. The number of nitro groups is 1. The number of non-ortho nitro benzene ring substituents is 1. The van der Waals surface area contributed by atoms with Crippen molar-refractivity contribution in [2.24, 2.45) is 0 Å². The molecule has 0 atom stereocenters. The molecule has 0 aliphatic carbocycles. The average Bonchev–Trinajstić information content (AvgIpc) is 2.84. The minimum absolute atomic E-state index is 0.0483. The van der Waals surface area contributed by atoms with Crippen LogP contribution in [-0.2, 0) is 6.42 Å². The van der Waals surface area contributed by atoms with Crippen molar-refractivity contribution < 1.29 is 13.7 Å². The van der Waals surface area contributed by atoms with Gasteiger partial charge in [-0.15, -0.1) is 21.8 Å². The van der Waals surface area contributed by atoms with E-state index in [1.807, 2.05) is 0 Å². The summed E-state index contributed by atoms with van der Waals surface area (Å²) in [4.78, 5) is 9.96.